The summed E-state index contributed by atoms with van der Waals surface area (Å²) >= 11 is 0. The van der Waals surface area contributed by atoms with Crippen LogP contribution in [0.4, 0.5) is 0 Å². The van der Waals surface area contributed by atoms with E-state index in [2.05, 4.69) is 51.1 Å². The summed E-state index contributed by atoms with van der Waals surface area (Å²) in [6.45, 7) is 6.80. The number of hydrogen-bond donors (Lipinski definition) is 1. The molecular formula is C18H22O. The van der Waals surface area contributed by atoms with Crippen LogP contribution in [0, 0.1) is 17.3 Å². The Morgan fingerprint density at radius 1 is 1.21 bits per heavy atom. The number of aliphatic hydroxyl groups is 1. The monoisotopic (exact) mass is 254 g/mol. The first-order valence-electron chi connectivity index (χ1n) is 7.13. The molecule has 1 nitrogen and oxygen atoms in total. The van der Waals surface area contributed by atoms with E-state index in [9.17, 15) is 5.11 Å². The van der Waals surface area contributed by atoms with Crippen LogP contribution in [0.3, 0.4) is 0 Å². The fraction of sp³-hybridized carbons (Fsp3) is 0.444. The summed E-state index contributed by atoms with van der Waals surface area (Å²) in [5.74, 6) is 0.710. The second kappa shape index (κ2) is 4.35. The van der Waals surface area contributed by atoms with E-state index >= 15 is 0 Å². The van der Waals surface area contributed by atoms with Crippen LogP contribution in [0.15, 0.2) is 42.0 Å². The SMILES string of the molecule is CC1=CC[C@H]2[C@@H](O)c3ccccc3/C=C\[C@@H]1C2(C)C. The summed E-state index contributed by atoms with van der Waals surface area (Å²) in [5, 5.41) is 10.8. The van der Waals surface area contributed by atoms with Crippen molar-refractivity contribution in [2.24, 2.45) is 17.3 Å². The van der Waals surface area contributed by atoms with Crippen molar-refractivity contribution in [2.75, 3.05) is 0 Å². The average Bonchev–Trinajstić information content (AvgIpc) is 2.37. The lowest BCUT2D eigenvalue weighted by molar-refractivity contribution is 0.0119. The second-order valence-corrected chi connectivity index (χ2v) is 6.52. The molecular weight excluding hydrogens is 232 g/mol. The summed E-state index contributed by atoms with van der Waals surface area (Å²) in [6.07, 6.45) is 7.41. The van der Waals surface area contributed by atoms with Crippen LogP contribution < -0.4 is 0 Å². The Morgan fingerprint density at radius 2 is 1.95 bits per heavy atom. The molecule has 0 unspecified atom stereocenters. The first kappa shape index (κ1) is 12.7. The van der Waals surface area contributed by atoms with E-state index in [-0.39, 0.29) is 17.4 Å². The van der Waals surface area contributed by atoms with Crippen LogP contribution in [0.25, 0.3) is 6.08 Å². The van der Waals surface area contributed by atoms with Gasteiger partial charge in [0.05, 0.1) is 6.10 Å². The number of fused-ring (bicyclic) bond motifs is 3. The Bertz CT molecular complexity index is 551. The lowest BCUT2D eigenvalue weighted by Crippen LogP contribution is -2.39. The maximum Gasteiger partial charge on any atom is 0.0832 e. The van der Waals surface area contributed by atoms with Gasteiger partial charge in [-0.15, -0.1) is 0 Å². The smallest absolute Gasteiger partial charge is 0.0832 e. The molecule has 19 heavy (non-hydrogen) atoms. The van der Waals surface area contributed by atoms with Gasteiger partial charge in [-0.05, 0) is 35.8 Å². The highest BCUT2D eigenvalue weighted by molar-refractivity contribution is 5.56. The lowest BCUT2D eigenvalue weighted by Gasteiger charge is -2.46. The zero-order valence-electron chi connectivity index (χ0n) is 11.9. The number of allylic oxidation sites excluding steroid dienone is 3. The van der Waals surface area contributed by atoms with Crippen molar-refractivity contribution >= 4 is 6.08 Å². The normalized spacial score (nSPS) is 33.7. The number of aliphatic hydroxyl groups excluding tert-OH is 1. The predicted octanol–water partition coefficient (Wildman–Crippen LogP) is 4.36. The van der Waals surface area contributed by atoms with E-state index in [1.165, 1.54) is 5.57 Å². The third-order valence-corrected chi connectivity index (χ3v) is 5.11. The third kappa shape index (κ3) is 1.88. The molecule has 2 aliphatic carbocycles. The van der Waals surface area contributed by atoms with Crippen molar-refractivity contribution in [3.05, 3.63) is 53.1 Å². The molecule has 3 rings (SSSR count). The van der Waals surface area contributed by atoms with Gasteiger partial charge in [0.2, 0.25) is 0 Å². The zero-order valence-corrected chi connectivity index (χ0v) is 11.9. The summed E-state index contributed by atoms with van der Waals surface area (Å²) in [4.78, 5) is 0. The Balaban J connectivity index is 2.19. The molecule has 0 fully saturated rings. The fourth-order valence-corrected chi connectivity index (χ4v) is 3.85. The van der Waals surface area contributed by atoms with Crippen LogP contribution in [0.5, 0.6) is 0 Å². The van der Waals surface area contributed by atoms with Crippen molar-refractivity contribution in [2.45, 2.75) is 33.3 Å². The minimum absolute atomic E-state index is 0.0995. The third-order valence-electron chi connectivity index (χ3n) is 5.11. The standard InChI is InChI=1S/C18H22O/c1-12-8-10-16-17(19)14-7-5-4-6-13(14)9-11-15(12)18(16,2)3/h4-9,11,15-17,19H,10H2,1-3H3/b11-9-/t15-,16-,17-/m0/s1. The second-order valence-electron chi connectivity index (χ2n) is 6.52. The van der Waals surface area contributed by atoms with E-state index in [0.29, 0.717) is 5.92 Å². The lowest BCUT2D eigenvalue weighted by atomic mass is 9.59. The molecule has 1 heteroatoms. The van der Waals surface area contributed by atoms with E-state index in [4.69, 9.17) is 0 Å². The predicted molar refractivity (Wildman–Crippen MR) is 79.6 cm³/mol. The molecule has 2 bridgehead atoms. The highest BCUT2D eigenvalue weighted by atomic mass is 16.3. The Morgan fingerprint density at radius 3 is 2.74 bits per heavy atom. The maximum atomic E-state index is 10.8. The minimum atomic E-state index is -0.372. The quantitative estimate of drug-likeness (QED) is 0.682. The molecule has 1 aromatic carbocycles. The molecule has 0 amide bonds. The highest BCUT2D eigenvalue weighted by Gasteiger charge is 2.43. The summed E-state index contributed by atoms with van der Waals surface area (Å²) in [5.41, 5.74) is 3.77. The van der Waals surface area contributed by atoms with Crippen molar-refractivity contribution in [3.63, 3.8) is 0 Å². The van der Waals surface area contributed by atoms with Gasteiger partial charge in [-0.1, -0.05) is 61.9 Å². The topological polar surface area (TPSA) is 20.2 Å². The first-order valence-corrected chi connectivity index (χ1v) is 7.13. The molecule has 2 aliphatic rings. The molecule has 0 saturated heterocycles. The van der Waals surface area contributed by atoms with Gasteiger partial charge in [0.25, 0.3) is 0 Å². The molecule has 0 saturated carbocycles. The van der Waals surface area contributed by atoms with Gasteiger partial charge in [-0.3, -0.25) is 0 Å². The maximum absolute atomic E-state index is 10.8. The molecule has 100 valence electrons. The Labute approximate surface area is 115 Å². The van der Waals surface area contributed by atoms with Crippen LogP contribution in [-0.4, -0.2) is 5.11 Å². The van der Waals surface area contributed by atoms with Gasteiger partial charge < -0.3 is 5.11 Å². The Hall–Kier alpha value is -1.34. The van der Waals surface area contributed by atoms with Crippen molar-refractivity contribution in [1.82, 2.24) is 0 Å². The molecule has 1 N–H and O–H groups in total. The van der Waals surface area contributed by atoms with Crippen LogP contribution in [-0.2, 0) is 0 Å². The van der Waals surface area contributed by atoms with Gasteiger partial charge in [0.15, 0.2) is 0 Å². The van der Waals surface area contributed by atoms with Gasteiger partial charge in [-0.2, -0.15) is 0 Å². The van der Waals surface area contributed by atoms with Crippen LogP contribution in [0.2, 0.25) is 0 Å². The largest absolute Gasteiger partial charge is 0.388 e. The summed E-state index contributed by atoms with van der Waals surface area (Å²) in [7, 11) is 0. The van der Waals surface area contributed by atoms with Crippen LogP contribution in [0.1, 0.15) is 44.4 Å². The van der Waals surface area contributed by atoms with Gasteiger partial charge in [0.1, 0.15) is 0 Å². The first-order chi connectivity index (χ1) is 9.01. The van der Waals surface area contributed by atoms with E-state index < -0.39 is 0 Å². The van der Waals surface area contributed by atoms with Crippen LogP contribution >= 0.6 is 0 Å². The average molecular weight is 254 g/mol. The van der Waals surface area contributed by atoms with Crippen molar-refractivity contribution in [3.8, 4) is 0 Å². The molecule has 0 spiro atoms. The summed E-state index contributed by atoms with van der Waals surface area (Å²) in [6, 6.07) is 8.22. The van der Waals surface area contributed by atoms with E-state index in [1.54, 1.807) is 0 Å². The van der Waals surface area contributed by atoms with Gasteiger partial charge in [-0.25, -0.2) is 0 Å². The number of benzene rings is 1. The molecule has 0 heterocycles. The number of hydrogen-bond acceptors (Lipinski definition) is 1. The molecule has 0 radical (unpaired) electrons. The number of rotatable bonds is 0. The van der Waals surface area contributed by atoms with Crippen molar-refractivity contribution < 1.29 is 5.11 Å². The van der Waals surface area contributed by atoms with Gasteiger partial charge in [0, 0.05) is 5.92 Å². The highest BCUT2D eigenvalue weighted by Crippen LogP contribution is 2.52. The summed E-state index contributed by atoms with van der Waals surface area (Å²) < 4.78 is 0. The zero-order chi connectivity index (χ0) is 13.6. The van der Waals surface area contributed by atoms with Crippen molar-refractivity contribution in [1.29, 1.82) is 0 Å². The minimum Gasteiger partial charge on any atom is -0.388 e. The molecule has 0 aliphatic heterocycles. The van der Waals surface area contributed by atoms with Gasteiger partial charge >= 0.3 is 0 Å². The molecule has 1 aromatic rings. The van der Waals surface area contributed by atoms with E-state index in [0.717, 1.165) is 17.5 Å². The fourth-order valence-electron chi connectivity index (χ4n) is 3.85. The molecule has 3 atom stereocenters. The Kier molecular flexibility index (Phi) is 2.90. The van der Waals surface area contributed by atoms with E-state index in [1.807, 2.05) is 12.1 Å². The molecule has 0 aromatic heterocycles.